The highest BCUT2D eigenvalue weighted by Crippen LogP contribution is 2.51. The van der Waals surface area contributed by atoms with Gasteiger partial charge in [-0.05, 0) is 190 Å². The first-order chi connectivity index (χ1) is 33.3. The predicted molar refractivity (Wildman–Crippen MR) is 291 cm³/mol. The number of benzene rings is 11. The Bertz CT molecular complexity index is 4330. The van der Waals surface area contributed by atoms with Crippen molar-refractivity contribution in [2.24, 2.45) is 0 Å². The van der Waals surface area contributed by atoms with Crippen molar-refractivity contribution in [3.8, 4) is 44.5 Å². The lowest BCUT2D eigenvalue weighted by molar-refractivity contribution is 1.36. The zero-order valence-corrected chi connectivity index (χ0v) is 38.4. The fraction of sp³-hybridized carbons (Fsp3) is 0.0606. The van der Waals surface area contributed by atoms with Gasteiger partial charge in [-0.2, -0.15) is 0 Å². The van der Waals surface area contributed by atoms with Crippen molar-refractivity contribution in [1.82, 2.24) is 8.80 Å². The van der Waals surface area contributed by atoms with Crippen molar-refractivity contribution < 1.29 is 0 Å². The molecule has 11 aromatic carbocycles. The number of rotatable bonds is 4. The summed E-state index contributed by atoms with van der Waals surface area (Å²) in [6.07, 6.45) is 0. The molecule has 0 N–H and O–H groups in total. The molecule has 4 heterocycles. The van der Waals surface area contributed by atoms with Crippen molar-refractivity contribution in [3.05, 3.63) is 216 Å². The van der Waals surface area contributed by atoms with Crippen LogP contribution in [0.25, 0.3) is 142 Å². The Morgan fingerprint density at radius 3 is 0.971 bits per heavy atom. The second kappa shape index (κ2) is 13.6. The van der Waals surface area contributed by atoms with Crippen LogP contribution >= 0.6 is 0 Å². The second-order valence-corrected chi connectivity index (χ2v) is 19.6. The molecular formula is C66H44N2. The minimum atomic E-state index is 1.21. The number of aromatic nitrogens is 2. The van der Waals surface area contributed by atoms with E-state index >= 15 is 0 Å². The summed E-state index contributed by atoms with van der Waals surface area (Å²) in [5.41, 5.74) is 22.5. The van der Waals surface area contributed by atoms with Crippen LogP contribution in [0.5, 0.6) is 0 Å². The molecule has 0 aliphatic carbocycles. The van der Waals surface area contributed by atoms with E-state index in [4.69, 9.17) is 0 Å². The van der Waals surface area contributed by atoms with E-state index in [1.54, 1.807) is 0 Å². The molecule has 0 bridgehead atoms. The fourth-order valence-corrected chi connectivity index (χ4v) is 12.4. The van der Waals surface area contributed by atoms with Gasteiger partial charge in [0.15, 0.2) is 0 Å². The van der Waals surface area contributed by atoms with Crippen LogP contribution in [0.1, 0.15) is 22.3 Å². The van der Waals surface area contributed by atoms with Crippen molar-refractivity contribution in [1.29, 1.82) is 0 Å². The molecule has 0 amide bonds. The van der Waals surface area contributed by atoms with Gasteiger partial charge in [-0.1, -0.05) is 120 Å². The minimum absolute atomic E-state index is 1.21. The number of fused-ring (bicyclic) bond motifs is 14. The quantitative estimate of drug-likeness (QED) is 0.156. The maximum atomic E-state index is 2.56. The van der Waals surface area contributed by atoms with Crippen LogP contribution in [-0.4, -0.2) is 8.80 Å². The normalized spacial score (nSPS) is 12.4. The van der Waals surface area contributed by atoms with Gasteiger partial charge in [0, 0.05) is 43.1 Å². The monoisotopic (exact) mass is 864 g/mol. The Hall–Kier alpha value is -8.46. The van der Waals surface area contributed by atoms with E-state index in [2.05, 4.69) is 231 Å². The number of hydrogen-bond donors (Lipinski definition) is 0. The van der Waals surface area contributed by atoms with Crippen molar-refractivity contribution >= 4 is 97.7 Å². The van der Waals surface area contributed by atoms with Gasteiger partial charge in [-0.15, -0.1) is 0 Å². The number of hydrogen-bond acceptors (Lipinski definition) is 0. The molecule has 0 saturated carbocycles. The molecule has 0 radical (unpaired) electrons. The van der Waals surface area contributed by atoms with Crippen molar-refractivity contribution in [2.75, 3.05) is 0 Å². The summed E-state index contributed by atoms with van der Waals surface area (Å²) in [5.74, 6) is 0. The van der Waals surface area contributed by atoms with Gasteiger partial charge in [0.2, 0.25) is 0 Å². The molecule has 0 atom stereocenters. The average Bonchev–Trinajstić information content (AvgIpc) is 4.07. The zero-order valence-electron chi connectivity index (χ0n) is 38.4. The van der Waals surface area contributed by atoms with Crippen LogP contribution in [-0.2, 0) is 0 Å². The molecule has 0 unspecified atom stereocenters. The Kier molecular flexibility index (Phi) is 7.53. The van der Waals surface area contributed by atoms with E-state index in [0.717, 1.165) is 0 Å². The molecule has 0 saturated heterocycles. The first-order valence-electron chi connectivity index (χ1n) is 23.9. The van der Waals surface area contributed by atoms with Crippen LogP contribution in [0.3, 0.4) is 0 Å². The van der Waals surface area contributed by atoms with Crippen LogP contribution in [0.4, 0.5) is 0 Å². The minimum Gasteiger partial charge on any atom is -0.308 e. The lowest BCUT2D eigenvalue weighted by atomic mass is 9.83. The van der Waals surface area contributed by atoms with E-state index in [-0.39, 0.29) is 0 Å². The fourth-order valence-electron chi connectivity index (χ4n) is 12.4. The summed E-state index contributed by atoms with van der Waals surface area (Å²) < 4.78 is 5.12. The molecule has 2 nitrogen and oxygen atoms in total. The topological polar surface area (TPSA) is 8.82 Å². The van der Waals surface area contributed by atoms with Gasteiger partial charge in [0.05, 0.1) is 33.1 Å². The van der Waals surface area contributed by atoms with Crippen molar-refractivity contribution in [2.45, 2.75) is 27.7 Å². The smallest absolute Gasteiger partial charge is 0.0620 e. The van der Waals surface area contributed by atoms with Crippen LogP contribution in [0.2, 0.25) is 0 Å². The Labute approximate surface area is 393 Å². The Balaban J connectivity index is 1.19. The molecule has 0 aliphatic rings. The molecule has 15 rings (SSSR count). The van der Waals surface area contributed by atoms with Gasteiger partial charge in [0.1, 0.15) is 0 Å². The maximum absolute atomic E-state index is 2.56. The first-order valence-corrected chi connectivity index (χ1v) is 23.9. The summed E-state index contributed by atoms with van der Waals surface area (Å²) in [4.78, 5) is 0. The lowest BCUT2D eigenvalue weighted by Gasteiger charge is -2.20. The molecule has 0 spiro atoms. The summed E-state index contributed by atoms with van der Waals surface area (Å²) in [7, 11) is 0. The second-order valence-electron chi connectivity index (χ2n) is 19.6. The van der Waals surface area contributed by atoms with E-state index in [0.29, 0.717) is 0 Å². The third-order valence-corrected chi connectivity index (χ3v) is 15.2. The highest BCUT2D eigenvalue weighted by Gasteiger charge is 2.26. The molecule has 0 aliphatic heterocycles. The third kappa shape index (κ3) is 5.12. The van der Waals surface area contributed by atoms with Crippen molar-refractivity contribution in [3.63, 3.8) is 0 Å². The van der Waals surface area contributed by atoms with Gasteiger partial charge in [0.25, 0.3) is 0 Å². The maximum Gasteiger partial charge on any atom is 0.0620 e. The largest absolute Gasteiger partial charge is 0.308 e. The SMILES string of the molecule is Cc1ccc2c(c1)c1cc(C)cc3c4cc5c(-c6cccc(-c7ccccc7)c6)c6cc7c(cc6c(-c6cccc(-c8ccccc8)c6)c5cc4n2c13)c1cc(C)cc2c3cc(C)ccc3n7c21. The molecular weight excluding hydrogens is 821 g/mol. The lowest BCUT2D eigenvalue weighted by Crippen LogP contribution is -1.93. The summed E-state index contributed by atoms with van der Waals surface area (Å²) in [5, 5.41) is 15.5. The molecule has 318 valence electrons. The van der Waals surface area contributed by atoms with Gasteiger partial charge >= 0.3 is 0 Å². The predicted octanol–water partition coefficient (Wildman–Crippen LogP) is 18.2. The van der Waals surface area contributed by atoms with E-state index in [9.17, 15) is 0 Å². The summed E-state index contributed by atoms with van der Waals surface area (Å²) in [6.45, 7) is 8.92. The van der Waals surface area contributed by atoms with Crippen LogP contribution < -0.4 is 0 Å². The molecule has 15 aromatic rings. The summed E-state index contributed by atoms with van der Waals surface area (Å²) in [6, 6.07) is 74.0. The summed E-state index contributed by atoms with van der Waals surface area (Å²) >= 11 is 0. The van der Waals surface area contributed by atoms with E-state index in [1.165, 1.54) is 164 Å². The molecule has 4 aromatic heterocycles. The van der Waals surface area contributed by atoms with Gasteiger partial charge < -0.3 is 8.80 Å². The number of nitrogens with zero attached hydrogens (tertiary/aromatic N) is 2. The standard InChI is InChI=1S/C66H44N2/c1-37-21-23-59-47(25-37)55-27-39(3)29-57-49-33-51-53(35-61(49)67(59)65(55)57)63(45-19-11-17-43(31-45)41-13-7-5-8-14-41)52-34-50-58-30-40(4)28-56-48-26-38(2)22-24-60(48)68(66(56)58)62(50)36-54(52)64(51)46-20-12-18-44(32-46)42-15-9-6-10-16-42/h5-36H,1-4H3. The van der Waals surface area contributed by atoms with E-state index < -0.39 is 0 Å². The van der Waals surface area contributed by atoms with Gasteiger partial charge in [-0.25, -0.2) is 0 Å². The highest BCUT2D eigenvalue weighted by atomic mass is 14.9. The Morgan fingerprint density at radius 2 is 0.559 bits per heavy atom. The Morgan fingerprint density at radius 1 is 0.221 bits per heavy atom. The van der Waals surface area contributed by atoms with Crippen LogP contribution in [0.15, 0.2) is 194 Å². The third-order valence-electron chi connectivity index (χ3n) is 15.2. The van der Waals surface area contributed by atoms with E-state index in [1.807, 2.05) is 0 Å². The van der Waals surface area contributed by atoms with Gasteiger partial charge in [-0.3, -0.25) is 0 Å². The molecule has 0 fully saturated rings. The highest BCUT2D eigenvalue weighted by molar-refractivity contribution is 6.32. The average molecular weight is 865 g/mol. The first kappa shape index (κ1) is 37.7. The zero-order chi connectivity index (χ0) is 45.1. The van der Waals surface area contributed by atoms with Crippen LogP contribution in [0, 0.1) is 27.7 Å². The number of aryl methyl sites for hydroxylation is 4. The molecule has 68 heavy (non-hydrogen) atoms. The molecule has 2 heteroatoms.